The van der Waals surface area contributed by atoms with Crippen molar-refractivity contribution in [2.45, 2.75) is 19.0 Å². The van der Waals surface area contributed by atoms with Crippen molar-refractivity contribution in [3.05, 3.63) is 53.1 Å². The van der Waals surface area contributed by atoms with Crippen molar-refractivity contribution in [3.63, 3.8) is 0 Å². The summed E-state index contributed by atoms with van der Waals surface area (Å²) < 4.78 is 13.5. The van der Waals surface area contributed by atoms with Crippen molar-refractivity contribution in [2.24, 2.45) is 0 Å². The van der Waals surface area contributed by atoms with Gasteiger partial charge in [-0.15, -0.1) is 0 Å². The minimum absolute atomic E-state index is 0.0116. The minimum Gasteiger partial charge on any atom is -0.336 e. The van der Waals surface area contributed by atoms with E-state index in [0.29, 0.717) is 18.7 Å². The van der Waals surface area contributed by atoms with Crippen molar-refractivity contribution in [3.8, 4) is 0 Å². The smallest absolute Gasteiger partial charge is 0.244 e. The first kappa shape index (κ1) is 14.7. The lowest BCUT2D eigenvalue weighted by Crippen LogP contribution is -2.42. The van der Waals surface area contributed by atoms with Crippen LogP contribution in [0.3, 0.4) is 0 Å². The van der Waals surface area contributed by atoms with Crippen molar-refractivity contribution in [1.82, 2.24) is 20.0 Å². The fraction of sp³-hybridized carbons (Fsp3) is 0.375. The summed E-state index contributed by atoms with van der Waals surface area (Å²) in [6.07, 6.45) is 2.53. The average molecular weight is 302 g/mol. The zero-order valence-electron chi connectivity index (χ0n) is 12.7. The lowest BCUT2D eigenvalue weighted by molar-refractivity contribution is -0.137. The van der Waals surface area contributed by atoms with Crippen LogP contribution in [0.15, 0.2) is 30.5 Å². The Labute approximate surface area is 128 Å². The molecule has 1 aromatic heterocycles. The van der Waals surface area contributed by atoms with Crippen LogP contribution < -0.4 is 0 Å². The van der Waals surface area contributed by atoms with Gasteiger partial charge in [-0.3, -0.25) is 14.8 Å². The summed E-state index contributed by atoms with van der Waals surface area (Å²) in [7, 11) is 3.67. The van der Waals surface area contributed by atoms with E-state index in [4.69, 9.17) is 0 Å². The van der Waals surface area contributed by atoms with E-state index in [1.54, 1.807) is 18.3 Å². The molecule has 1 aliphatic heterocycles. The molecule has 0 spiro atoms. The van der Waals surface area contributed by atoms with Gasteiger partial charge in [-0.25, -0.2) is 4.39 Å². The molecule has 1 aromatic carbocycles. The maximum absolute atomic E-state index is 13.5. The number of H-pyrrole nitrogens is 1. The topological polar surface area (TPSA) is 52.2 Å². The molecule has 1 atom stereocenters. The highest BCUT2D eigenvalue weighted by Gasteiger charge is 2.30. The molecule has 0 fully saturated rings. The molecule has 1 N–H and O–H groups in total. The summed E-state index contributed by atoms with van der Waals surface area (Å²) >= 11 is 0. The summed E-state index contributed by atoms with van der Waals surface area (Å²) in [4.78, 5) is 16.5. The van der Waals surface area contributed by atoms with Crippen molar-refractivity contribution < 1.29 is 9.18 Å². The lowest BCUT2D eigenvalue weighted by atomic mass is 10.0. The van der Waals surface area contributed by atoms with E-state index in [2.05, 4.69) is 10.2 Å². The number of nitrogens with one attached hydrogen (secondary N) is 1. The number of nitrogens with zero attached hydrogens (tertiary/aromatic N) is 3. The molecule has 22 heavy (non-hydrogen) atoms. The van der Waals surface area contributed by atoms with E-state index >= 15 is 0 Å². The monoisotopic (exact) mass is 302 g/mol. The number of rotatable bonds is 3. The second-order valence-electron chi connectivity index (χ2n) is 5.80. The van der Waals surface area contributed by atoms with Crippen molar-refractivity contribution >= 4 is 5.91 Å². The second kappa shape index (κ2) is 5.88. The first-order chi connectivity index (χ1) is 10.6. The molecule has 0 unspecified atom stereocenters. The Morgan fingerprint density at radius 1 is 1.45 bits per heavy atom. The Hall–Kier alpha value is -2.21. The van der Waals surface area contributed by atoms with Gasteiger partial charge in [-0.05, 0) is 31.8 Å². The molecule has 2 heterocycles. The molecule has 0 aliphatic carbocycles. The first-order valence-electron chi connectivity index (χ1n) is 7.28. The Morgan fingerprint density at radius 3 is 3.00 bits per heavy atom. The summed E-state index contributed by atoms with van der Waals surface area (Å²) in [5.74, 6) is -0.338. The molecule has 1 amide bonds. The third-order valence-electron chi connectivity index (χ3n) is 4.03. The molecule has 6 heteroatoms. The van der Waals surface area contributed by atoms with Crippen LogP contribution in [0.5, 0.6) is 0 Å². The molecule has 5 nitrogen and oxygen atoms in total. The van der Waals surface area contributed by atoms with Crippen LogP contribution in [0.1, 0.15) is 22.9 Å². The third-order valence-corrected chi connectivity index (χ3v) is 4.03. The molecule has 0 saturated heterocycles. The highest BCUT2D eigenvalue weighted by molar-refractivity contribution is 5.83. The Bertz CT molecular complexity index is 682. The van der Waals surface area contributed by atoms with Crippen LogP contribution in [0, 0.1) is 5.82 Å². The molecule has 1 aliphatic rings. The summed E-state index contributed by atoms with van der Waals surface area (Å²) in [5, 5.41) is 6.98. The maximum Gasteiger partial charge on any atom is 0.244 e. The predicted octanol–water partition coefficient (Wildman–Crippen LogP) is 1.74. The van der Waals surface area contributed by atoms with Crippen LogP contribution in [-0.4, -0.2) is 46.5 Å². The molecule has 0 saturated carbocycles. The van der Waals surface area contributed by atoms with Gasteiger partial charge < -0.3 is 4.90 Å². The maximum atomic E-state index is 13.5. The number of amides is 1. The van der Waals surface area contributed by atoms with Crippen LogP contribution >= 0.6 is 0 Å². The van der Waals surface area contributed by atoms with Crippen LogP contribution in [0.4, 0.5) is 4.39 Å². The van der Waals surface area contributed by atoms with E-state index in [-0.39, 0.29) is 11.7 Å². The number of likely N-dealkylation sites (N-methyl/N-ethyl adjacent to an activating group) is 1. The van der Waals surface area contributed by atoms with E-state index in [9.17, 15) is 9.18 Å². The quantitative estimate of drug-likeness (QED) is 0.939. The zero-order valence-corrected chi connectivity index (χ0v) is 12.7. The standard InChI is InChI=1S/C16H19FN4O/c1-20(2)15(11-4-3-5-13(17)8-11)16(22)21-7-6-14-12(10-21)9-18-19-14/h3-5,8-9,15H,6-7,10H2,1-2H3,(H,18,19)/t15-/m1/s1. The fourth-order valence-electron chi connectivity index (χ4n) is 2.92. The van der Waals surface area contributed by atoms with Gasteiger partial charge in [0, 0.05) is 30.8 Å². The van der Waals surface area contributed by atoms with E-state index in [0.717, 1.165) is 17.7 Å². The lowest BCUT2D eigenvalue weighted by Gasteiger charge is -2.33. The number of benzene rings is 1. The van der Waals surface area contributed by atoms with Gasteiger partial charge in [0.05, 0.1) is 6.20 Å². The largest absolute Gasteiger partial charge is 0.336 e. The molecular formula is C16H19FN4O. The molecule has 116 valence electrons. The Morgan fingerprint density at radius 2 is 2.27 bits per heavy atom. The molecular weight excluding hydrogens is 283 g/mol. The predicted molar refractivity (Wildman–Crippen MR) is 80.5 cm³/mol. The van der Waals surface area contributed by atoms with Crippen LogP contribution in [-0.2, 0) is 17.8 Å². The van der Waals surface area contributed by atoms with Crippen molar-refractivity contribution in [1.29, 1.82) is 0 Å². The van der Waals surface area contributed by atoms with E-state index < -0.39 is 6.04 Å². The number of aromatic amines is 1. The number of fused-ring (bicyclic) bond motifs is 1. The first-order valence-corrected chi connectivity index (χ1v) is 7.28. The average Bonchev–Trinajstić information content (AvgIpc) is 2.94. The van der Waals surface area contributed by atoms with Crippen molar-refractivity contribution in [2.75, 3.05) is 20.6 Å². The molecule has 0 bridgehead atoms. The van der Waals surface area contributed by atoms with Gasteiger partial charge >= 0.3 is 0 Å². The van der Waals surface area contributed by atoms with E-state index in [1.165, 1.54) is 12.1 Å². The molecule has 3 rings (SSSR count). The van der Waals surface area contributed by atoms with Gasteiger partial charge in [-0.1, -0.05) is 12.1 Å². The SMILES string of the molecule is CN(C)[C@@H](C(=O)N1CCc2[nH]ncc2C1)c1cccc(F)c1. The number of hydrogen-bond donors (Lipinski definition) is 1. The number of carbonyl (C=O) groups is 1. The van der Waals surface area contributed by atoms with Gasteiger partial charge in [-0.2, -0.15) is 5.10 Å². The number of carbonyl (C=O) groups excluding carboxylic acids is 1. The molecule has 0 radical (unpaired) electrons. The van der Waals surface area contributed by atoms with Crippen LogP contribution in [0.25, 0.3) is 0 Å². The highest BCUT2D eigenvalue weighted by atomic mass is 19.1. The summed E-state index contributed by atoms with van der Waals surface area (Å²) in [6.45, 7) is 1.19. The van der Waals surface area contributed by atoms with E-state index in [1.807, 2.05) is 23.9 Å². The summed E-state index contributed by atoms with van der Waals surface area (Å²) in [6, 6.07) is 5.76. The van der Waals surface area contributed by atoms with Gasteiger partial charge in [0.1, 0.15) is 11.9 Å². The van der Waals surface area contributed by atoms with Gasteiger partial charge in [0.2, 0.25) is 5.91 Å². The molecule has 2 aromatic rings. The highest BCUT2D eigenvalue weighted by Crippen LogP contribution is 2.25. The van der Waals surface area contributed by atoms with Gasteiger partial charge in [0.15, 0.2) is 0 Å². The number of aromatic nitrogens is 2. The Kier molecular flexibility index (Phi) is 3.94. The number of hydrogen-bond acceptors (Lipinski definition) is 3. The second-order valence-corrected chi connectivity index (χ2v) is 5.80. The summed E-state index contributed by atoms with van der Waals surface area (Å²) in [5.41, 5.74) is 2.82. The normalized spacial score (nSPS) is 15.7. The van der Waals surface area contributed by atoms with Crippen LogP contribution in [0.2, 0.25) is 0 Å². The Balaban J connectivity index is 1.85. The third kappa shape index (κ3) is 2.74. The fourth-order valence-corrected chi connectivity index (χ4v) is 2.92. The number of halogens is 1. The minimum atomic E-state index is -0.482. The van der Waals surface area contributed by atoms with Gasteiger partial charge in [0.25, 0.3) is 0 Å². The zero-order chi connectivity index (χ0) is 15.7.